The Balaban J connectivity index is 2.78. The summed E-state index contributed by atoms with van der Waals surface area (Å²) in [5, 5.41) is 0. The number of carbonyl (C=O) groups excluding carboxylic acids is 1. The minimum atomic E-state index is -0.563. The van der Waals surface area contributed by atoms with Gasteiger partial charge in [0.2, 0.25) is 0 Å². The van der Waals surface area contributed by atoms with Crippen LogP contribution in [0.5, 0.6) is 0 Å². The van der Waals surface area contributed by atoms with Crippen LogP contribution in [-0.2, 0) is 4.74 Å². The number of hydrogen-bond donors (Lipinski definition) is 0. The van der Waals surface area contributed by atoms with E-state index in [4.69, 9.17) is 4.74 Å². The highest BCUT2D eigenvalue weighted by molar-refractivity contribution is 5.90. The van der Waals surface area contributed by atoms with Gasteiger partial charge in [0.1, 0.15) is 5.82 Å². The fourth-order valence-electron chi connectivity index (χ4n) is 1.85. The average molecular weight is 266 g/mol. The monoisotopic (exact) mass is 266 g/mol. The van der Waals surface area contributed by atoms with Crippen LogP contribution >= 0.6 is 0 Å². The van der Waals surface area contributed by atoms with Crippen LogP contribution in [-0.4, -0.2) is 12.6 Å². The molecule has 0 N–H and O–H groups in total. The molecule has 0 unspecified atom stereocenters. The minimum absolute atomic E-state index is 0.0390. The number of hydrogen-bond acceptors (Lipinski definition) is 2. The molecule has 0 spiro atoms. The lowest BCUT2D eigenvalue weighted by atomic mass is 10.0. The highest BCUT2D eigenvalue weighted by Gasteiger charge is 2.16. The number of ether oxygens (including phenoxy) is 1. The van der Waals surface area contributed by atoms with Crippen molar-refractivity contribution in [3.05, 3.63) is 35.1 Å². The lowest BCUT2D eigenvalue weighted by Gasteiger charge is -2.13. The zero-order valence-corrected chi connectivity index (χ0v) is 12.2. The van der Waals surface area contributed by atoms with Crippen molar-refractivity contribution in [2.75, 3.05) is 6.61 Å². The van der Waals surface area contributed by atoms with Crippen molar-refractivity contribution in [1.29, 1.82) is 0 Å². The second-order valence-corrected chi connectivity index (χ2v) is 5.17. The van der Waals surface area contributed by atoms with Gasteiger partial charge in [0, 0.05) is 0 Å². The van der Waals surface area contributed by atoms with E-state index in [0.717, 1.165) is 18.4 Å². The Hall–Kier alpha value is -1.38. The first kappa shape index (κ1) is 15.7. The summed E-state index contributed by atoms with van der Waals surface area (Å²) in [5.74, 6) is -0.475. The molecule has 0 bridgehead atoms. The molecule has 0 saturated heterocycles. The Bertz CT molecular complexity index is 423. The van der Waals surface area contributed by atoms with E-state index in [1.54, 1.807) is 12.1 Å². The summed E-state index contributed by atoms with van der Waals surface area (Å²) in [7, 11) is 0. The maximum atomic E-state index is 13.7. The van der Waals surface area contributed by atoms with Crippen LogP contribution in [0.1, 0.15) is 62.4 Å². The molecule has 0 aliphatic carbocycles. The Labute approximate surface area is 115 Å². The van der Waals surface area contributed by atoms with E-state index in [9.17, 15) is 9.18 Å². The SMILES string of the molecule is CCC(CC)COC(=O)c1cc(C(C)C)ccc1F. The largest absolute Gasteiger partial charge is 0.462 e. The molecule has 0 radical (unpaired) electrons. The Kier molecular flexibility index (Phi) is 6.00. The molecule has 0 heterocycles. The van der Waals surface area contributed by atoms with Gasteiger partial charge in [-0.05, 0) is 29.5 Å². The van der Waals surface area contributed by atoms with Crippen LogP contribution in [0.25, 0.3) is 0 Å². The summed E-state index contributed by atoms with van der Waals surface area (Å²) < 4.78 is 18.9. The van der Waals surface area contributed by atoms with Gasteiger partial charge in [0.15, 0.2) is 0 Å². The molecule has 0 atom stereocenters. The van der Waals surface area contributed by atoms with E-state index in [1.807, 2.05) is 13.8 Å². The zero-order chi connectivity index (χ0) is 14.4. The van der Waals surface area contributed by atoms with E-state index in [1.165, 1.54) is 6.07 Å². The van der Waals surface area contributed by atoms with Crippen molar-refractivity contribution in [1.82, 2.24) is 0 Å². The molecule has 0 aromatic heterocycles. The molecule has 1 aromatic carbocycles. The number of carbonyl (C=O) groups is 1. The van der Waals surface area contributed by atoms with Crippen LogP contribution in [0.3, 0.4) is 0 Å². The van der Waals surface area contributed by atoms with Gasteiger partial charge in [-0.3, -0.25) is 0 Å². The fraction of sp³-hybridized carbons (Fsp3) is 0.562. The molecule has 19 heavy (non-hydrogen) atoms. The highest BCUT2D eigenvalue weighted by atomic mass is 19.1. The first-order valence-electron chi connectivity index (χ1n) is 6.96. The zero-order valence-electron chi connectivity index (χ0n) is 12.2. The number of esters is 1. The van der Waals surface area contributed by atoms with E-state index < -0.39 is 11.8 Å². The van der Waals surface area contributed by atoms with Gasteiger partial charge in [-0.25, -0.2) is 9.18 Å². The lowest BCUT2D eigenvalue weighted by molar-refractivity contribution is 0.0428. The van der Waals surface area contributed by atoms with E-state index >= 15 is 0 Å². The van der Waals surface area contributed by atoms with Crippen LogP contribution in [0.4, 0.5) is 4.39 Å². The number of rotatable bonds is 6. The molecule has 1 rings (SSSR count). The topological polar surface area (TPSA) is 26.3 Å². The van der Waals surface area contributed by atoms with Crippen LogP contribution in [0, 0.1) is 11.7 Å². The molecular weight excluding hydrogens is 243 g/mol. The van der Waals surface area contributed by atoms with E-state index in [0.29, 0.717) is 12.5 Å². The Morgan fingerprint density at radius 2 is 1.89 bits per heavy atom. The molecule has 0 amide bonds. The Morgan fingerprint density at radius 1 is 1.26 bits per heavy atom. The Morgan fingerprint density at radius 3 is 2.42 bits per heavy atom. The number of benzene rings is 1. The summed E-state index contributed by atoms with van der Waals surface area (Å²) >= 11 is 0. The van der Waals surface area contributed by atoms with Crippen LogP contribution in [0.2, 0.25) is 0 Å². The molecule has 106 valence electrons. The molecule has 1 aromatic rings. The van der Waals surface area contributed by atoms with Gasteiger partial charge in [-0.2, -0.15) is 0 Å². The third-order valence-electron chi connectivity index (χ3n) is 3.48. The normalized spacial score (nSPS) is 11.1. The first-order chi connectivity index (χ1) is 8.99. The maximum Gasteiger partial charge on any atom is 0.341 e. The second kappa shape index (κ2) is 7.27. The predicted octanol–water partition coefficient (Wildman–Crippen LogP) is 4.54. The van der Waals surface area contributed by atoms with Crippen molar-refractivity contribution in [2.24, 2.45) is 5.92 Å². The van der Waals surface area contributed by atoms with E-state index in [2.05, 4.69) is 13.8 Å². The molecule has 0 aliphatic rings. The van der Waals surface area contributed by atoms with Crippen LogP contribution in [0.15, 0.2) is 18.2 Å². The molecule has 0 aliphatic heterocycles. The molecule has 3 heteroatoms. The van der Waals surface area contributed by atoms with Crippen molar-refractivity contribution in [3.8, 4) is 0 Å². The molecule has 2 nitrogen and oxygen atoms in total. The quantitative estimate of drug-likeness (QED) is 0.706. The third kappa shape index (κ3) is 4.34. The maximum absolute atomic E-state index is 13.7. The summed E-state index contributed by atoms with van der Waals surface area (Å²) in [5.41, 5.74) is 0.980. The fourth-order valence-corrected chi connectivity index (χ4v) is 1.85. The van der Waals surface area contributed by atoms with Crippen molar-refractivity contribution in [3.63, 3.8) is 0 Å². The molecule has 0 fully saturated rings. The summed E-state index contributed by atoms with van der Waals surface area (Å²) in [6.07, 6.45) is 1.91. The first-order valence-corrected chi connectivity index (χ1v) is 6.96. The molecular formula is C16H23FO2. The summed E-state index contributed by atoms with van der Waals surface area (Å²) in [6.45, 7) is 8.49. The van der Waals surface area contributed by atoms with E-state index in [-0.39, 0.29) is 11.5 Å². The summed E-state index contributed by atoms with van der Waals surface area (Å²) in [6, 6.07) is 4.63. The van der Waals surface area contributed by atoms with Gasteiger partial charge >= 0.3 is 5.97 Å². The second-order valence-electron chi connectivity index (χ2n) is 5.17. The average Bonchev–Trinajstić information content (AvgIpc) is 2.39. The van der Waals surface area contributed by atoms with Gasteiger partial charge in [-0.15, -0.1) is 0 Å². The van der Waals surface area contributed by atoms with Crippen molar-refractivity contribution >= 4 is 5.97 Å². The van der Waals surface area contributed by atoms with Gasteiger partial charge in [0.25, 0.3) is 0 Å². The predicted molar refractivity (Wildman–Crippen MR) is 74.8 cm³/mol. The van der Waals surface area contributed by atoms with Gasteiger partial charge < -0.3 is 4.74 Å². The van der Waals surface area contributed by atoms with Gasteiger partial charge in [-0.1, -0.05) is 46.6 Å². The third-order valence-corrected chi connectivity index (χ3v) is 3.48. The van der Waals surface area contributed by atoms with Crippen LogP contribution < -0.4 is 0 Å². The minimum Gasteiger partial charge on any atom is -0.462 e. The lowest BCUT2D eigenvalue weighted by Crippen LogP contribution is -2.14. The standard InChI is InChI=1S/C16H23FO2/c1-5-12(6-2)10-19-16(18)14-9-13(11(3)4)7-8-15(14)17/h7-9,11-12H,5-6,10H2,1-4H3. The van der Waals surface area contributed by atoms with Gasteiger partial charge in [0.05, 0.1) is 12.2 Å². The summed E-state index contributed by atoms with van der Waals surface area (Å²) in [4.78, 5) is 11.9. The van der Waals surface area contributed by atoms with Crippen molar-refractivity contribution in [2.45, 2.75) is 46.5 Å². The molecule has 0 saturated carbocycles. The highest BCUT2D eigenvalue weighted by Crippen LogP contribution is 2.19. The smallest absolute Gasteiger partial charge is 0.341 e. The van der Waals surface area contributed by atoms with Crippen molar-refractivity contribution < 1.29 is 13.9 Å². The number of halogens is 1.